The van der Waals surface area contributed by atoms with Crippen LogP contribution in [-0.4, -0.2) is 30.2 Å². The molecule has 0 bridgehead atoms. The molecule has 0 saturated carbocycles. The van der Waals surface area contributed by atoms with Crippen molar-refractivity contribution in [3.05, 3.63) is 34.7 Å². The average Bonchev–Trinajstić information content (AvgIpc) is 2.46. The highest BCUT2D eigenvalue weighted by Gasteiger charge is 1.97. The Bertz CT molecular complexity index is 459. The Balaban J connectivity index is 0.00000400. The van der Waals surface area contributed by atoms with Gasteiger partial charge >= 0.3 is 0 Å². The average molecular weight is 406 g/mol. The van der Waals surface area contributed by atoms with Crippen molar-refractivity contribution < 1.29 is 0 Å². The van der Waals surface area contributed by atoms with Gasteiger partial charge < -0.3 is 15.2 Å². The third-order valence-corrected chi connectivity index (χ3v) is 2.85. The van der Waals surface area contributed by atoms with E-state index < -0.39 is 0 Å². The zero-order valence-corrected chi connectivity index (χ0v) is 15.3. The quantitative estimate of drug-likeness (QED) is 0.301. The molecule has 0 atom stereocenters. The van der Waals surface area contributed by atoms with Crippen LogP contribution in [0.25, 0.3) is 0 Å². The highest BCUT2D eigenvalue weighted by Crippen LogP contribution is 1.92. The van der Waals surface area contributed by atoms with Crippen LogP contribution in [0.5, 0.6) is 0 Å². The Morgan fingerprint density at radius 1 is 1.24 bits per heavy atom. The lowest BCUT2D eigenvalue weighted by Gasteiger charge is -2.11. The van der Waals surface area contributed by atoms with Crippen molar-refractivity contribution in [1.29, 1.82) is 0 Å². The van der Waals surface area contributed by atoms with Gasteiger partial charge in [0, 0.05) is 38.4 Å². The summed E-state index contributed by atoms with van der Waals surface area (Å²) in [7, 11) is 0. The van der Waals surface area contributed by atoms with Gasteiger partial charge in [-0.25, -0.2) is 0 Å². The van der Waals surface area contributed by atoms with Crippen LogP contribution in [0, 0.1) is 0 Å². The van der Waals surface area contributed by atoms with E-state index in [1.54, 1.807) is 16.7 Å². The predicted molar refractivity (Wildman–Crippen MR) is 99.6 cm³/mol. The summed E-state index contributed by atoms with van der Waals surface area (Å²) < 4.78 is 1.75. The fourth-order valence-electron chi connectivity index (χ4n) is 1.82. The molecule has 0 radical (unpaired) electrons. The highest BCUT2D eigenvalue weighted by molar-refractivity contribution is 14.0. The first-order valence-electron chi connectivity index (χ1n) is 7.45. The number of hydrogen-bond donors (Lipinski definition) is 2. The molecule has 21 heavy (non-hydrogen) atoms. The number of rotatable bonds is 8. The van der Waals surface area contributed by atoms with Crippen LogP contribution in [0.1, 0.15) is 33.1 Å². The van der Waals surface area contributed by atoms with E-state index in [0.717, 1.165) is 51.4 Å². The molecule has 120 valence electrons. The molecular formula is C15H27IN4O. The molecule has 1 aromatic rings. The van der Waals surface area contributed by atoms with Gasteiger partial charge in [-0.1, -0.05) is 13.0 Å². The van der Waals surface area contributed by atoms with Crippen LogP contribution < -0.4 is 16.2 Å². The second kappa shape index (κ2) is 12.7. The number of pyridine rings is 1. The van der Waals surface area contributed by atoms with Crippen LogP contribution in [0.2, 0.25) is 0 Å². The van der Waals surface area contributed by atoms with E-state index in [9.17, 15) is 4.79 Å². The van der Waals surface area contributed by atoms with Crippen LogP contribution in [0.3, 0.4) is 0 Å². The fraction of sp³-hybridized carbons (Fsp3) is 0.600. The SMILES string of the molecule is CCCN=C(NCC)NCCCCn1ccccc1=O.I. The lowest BCUT2D eigenvalue weighted by atomic mass is 10.3. The molecule has 0 aromatic carbocycles. The van der Waals surface area contributed by atoms with Crippen LogP contribution in [-0.2, 0) is 6.54 Å². The summed E-state index contributed by atoms with van der Waals surface area (Å²) in [5, 5.41) is 6.53. The third-order valence-electron chi connectivity index (χ3n) is 2.85. The molecular weight excluding hydrogens is 379 g/mol. The summed E-state index contributed by atoms with van der Waals surface area (Å²) in [6.07, 6.45) is 4.87. The first kappa shape index (κ1) is 19.9. The van der Waals surface area contributed by atoms with Gasteiger partial charge in [-0.3, -0.25) is 9.79 Å². The second-order valence-corrected chi connectivity index (χ2v) is 4.63. The van der Waals surface area contributed by atoms with E-state index in [-0.39, 0.29) is 29.5 Å². The summed E-state index contributed by atoms with van der Waals surface area (Å²) in [5.41, 5.74) is 0.0679. The Morgan fingerprint density at radius 3 is 2.71 bits per heavy atom. The van der Waals surface area contributed by atoms with Crippen molar-refractivity contribution >= 4 is 29.9 Å². The van der Waals surface area contributed by atoms with Gasteiger partial charge in [0.2, 0.25) is 5.56 Å². The molecule has 0 amide bonds. The van der Waals surface area contributed by atoms with Gasteiger partial charge in [0.25, 0.3) is 0 Å². The lowest BCUT2D eigenvalue weighted by Crippen LogP contribution is -2.38. The van der Waals surface area contributed by atoms with E-state index in [2.05, 4.69) is 29.5 Å². The van der Waals surface area contributed by atoms with Crippen molar-refractivity contribution in [2.24, 2.45) is 4.99 Å². The van der Waals surface area contributed by atoms with Crippen molar-refractivity contribution in [3.63, 3.8) is 0 Å². The molecule has 0 spiro atoms. The normalized spacial score (nSPS) is 10.9. The summed E-state index contributed by atoms with van der Waals surface area (Å²) in [5.74, 6) is 0.881. The molecule has 0 aliphatic rings. The minimum absolute atomic E-state index is 0. The van der Waals surface area contributed by atoms with Crippen molar-refractivity contribution in [2.75, 3.05) is 19.6 Å². The standard InChI is InChI=1S/C15H26N4O.HI/c1-3-10-17-15(16-4-2)18-11-6-8-13-19-12-7-5-9-14(19)20;/h5,7,9,12H,3-4,6,8,10-11,13H2,1-2H3,(H2,16,17,18);1H. The molecule has 1 rings (SSSR count). The molecule has 2 N–H and O–H groups in total. The van der Waals surface area contributed by atoms with Crippen molar-refractivity contribution in [3.8, 4) is 0 Å². The Hall–Kier alpha value is -1.05. The number of unbranched alkanes of at least 4 members (excludes halogenated alkanes) is 1. The van der Waals surface area contributed by atoms with Crippen LogP contribution >= 0.6 is 24.0 Å². The minimum atomic E-state index is 0. The van der Waals surface area contributed by atoms with Gasteiger partial charge in [-0.2, -0.15) is 0 Å². The van der Waals surface area contributed by atoms with Crippen molar-refractivity contribution in [1.82, 2.24) is 15.2 Å². The number of aromatic nitrogens is 1. The molecule has 0 aliphatic heterocycles. The zero-order valence-electron chi connectivity index (χ0n) is 13.0. The minimum Gasteiger partial charge on any atom is -0.357 e. The number of nitrogens with one attached hydrogen (secondary N) is 2. The Labute approximate surface area is 144 Å². The second-order valence-electron chi connectivity index (χ2n) is 4.63. The van der Waals surface area contributed by atoms with Crippen LogP contribution in [0.15, 0.2) is 34.2 Å². The summed E-state index contributed by atoms with van der Waals surface area (Å²) >= 11 is 0. The maximum Gasteiger partial charge on any atom is 0.250 e. The summed E-state index contributed by atoms with van der Waals surface area (Å²) in [6.45, 7) is 7.53. The summed E-state index contributed by atoms with van der Waals surface area (Å²) in [4.78, 5) is 16.0. The van der Waals surface area contributed by atoms with Crippen LogP contribution in [0.4, 0.5) is 0 Å². The number of nitrogens with zero attached hydrogens (tertiary/aromatic N) is 2. The molecule has 1 heterocycles. The van der Waals surface area contributed by atoms with Gasteiger partial charge in [-0.15, -0.1) is 24.0 Å². The number of hydrogen-bond acceptors (Lipinski definition) is 2. The smallest absolute Gasteiger partial charge is 0.250 e. The highest BCUT2D eigenvalue weighted by atomic mass is 127. The Morgan fingerprint density at radius 2 is 2.05 bits per heavy atom. The van der Waals surface area contributed by atoms with E-state index in [4.69, 9.17) is 0 Å². The topological polar surface area (TPSA) is 58.4 Å². The maximum absolute atomic E-state index is 11.5. The summed E-state index contributed by atoms with van der Waals surface area (Å²) in [6, 6.07) is 5.26. The van der Waals surface area contributed by atoms with E-state index in [0.29, 0.717) is 0 Å². The largest absolute Gasteiger partial charge is 0.357 e. The Kier molecular flexibility index (Phi) is 12.0. The van der Waals surface area contributed by atoms with Crippen molar-refractivity contribution in [2.45, 2.75) is 39.7 Å². The number of halogens is 1. The molecule has 0 fully saturated rings. The molecule has 6 heteroatoms. The van der Waals surface area contributed by atoms with E-state index >= 15 is 0 Å². The first-order valence-corrected chi connectivity index (χ1v) is 7.45. The molecule has 0 aliphatic carbocycles. The van der Waals surface area contributed by atoms with Gasteiger partial charge in [0.05, 0.1) is 0 Å². The first-order chi connectivity index (χ1) is 9.77. The van der Waals surface area contributed by atoms with Gasteiger partial charge in [-0.05, 0) is 32.3 Å². The molecule has 1 aromatic heterocycles. The molecule has 0 unspecified atom stereocenters. The zero-order chi connectivity index (χ0) is 14.6. The van der Waals surface area contributed by atoms with E-state index in [1.807, 2.05) is 12.3 Å². The molecule has 5 nitrogen and oxygen atoms in total. The van der Waals surface area contributed by atoms with Gasteiger partial charge in [0.15, 0.2) is 5.96 Å². The molecule has 0 saturated heterocycles. The number of aliphatic imine (C=N–C) groups is 1. The maximum atomic E-state index is 11.5. The lowest BCUT2D eigenvalue weighted by molar-refractivity contribution is 0.585. The number of aryl methyl sites for hydroxylation is 1. The third kappa shape index (κ3) is 8.75. The predicted octanol–water partition coefficient (Wildman–Crippen LogP) is 2.21. The fourth-order valence-corrected chi connectivity index (χ4v) is 1.82. The monoisotopic (exact) mass is 406 g/mol. The number of guanidine groups is 1. The van der Waals surface area contributed by atoms with E-state index in [1.165, 1.54) is 0 Å². The van der Waals surface area contributed by atoms with Gasteiger partial charge in [0.1, 0.15) is 0 Å².